The number of rotatable bonds is 3. The highest BCUT2D eigenvalue weighted by Crippen LogP contribution is 2.35. The minimum atomic E-state index is -0.927. The summed E-state index contributed by atoms with van der Waals surface area (Å²) in [5, 5.41) is 9.19. The van der Waals surface area contributed by atoms with E-state index in [1.807, 2.05) is 19.9 Å². The molecule has 1 amide bonds. The quantitative estimate of drug-likeness (QED) is 0.895. The number of carbonyl (C=O) groups excluding carboxylic acids is 1. The van der Waals surface area contributed by atoms with E-state index in [9.17, 15) is 14.7 Å². The average molecular weight is 364 g/mol. The van der Waals surface area contributed by atoms with Gasteiger partial charge in [0.15, 0.2) is 0 Å². The Kier molecular flexibility index (Phi) is 4.58. The SMILES string of the molecule is CCC1SCC(C(=O)O)N1C(=O)c1cc(C)c(Br)s1. The fourth-order valence-electron chi connectivity index (χ4n) is 2.03. The molecule has 1 saturated heterocycles. The highest BCUT2D eigenvalue weighted by atomic mass is 79.9. The molecule has 4 nitrogen and oxygen atoms in total. The summed E-state index contributed by atoms with van der Waals surface area (Å²) < 4.78 is 0.919. The fourth-order valence-corrected chi connectivity index (χ4v) is 4.86. The van der Waals surface area contributed by atoms with Crippen molar-refractivity contribution in [2.24, 2.45) is 0 Å². The third kappa shape index (κ3) is 2.83. The first-order chi connectivity index (χ1) is 8.95. The lowest BCUT2D eigenvalue weighted by atomic mass is 10.2. The standard InChI is InChI=1S/C12H14BrNO3S2/c1-3-9-14(7(5-18-9)12(16)17)11(15)8-4-6(2)10(13)19-8/h4,7,9H,3,5H2,1-2H3,(H,16,17). The van der Waals surface area contributed by atoms with Gasteiger partial charge in [0.25, 0.3) is 5.91 Å². The molecule has 1 aromatic heterocycles. The number of thioether (sulfide) groups is 1. The van der Waals surface area contributed by atoms with Crippen molar-refractivity contribution in [2.75, 3.05) is 5.75 Å². The van der Waals surface area contributed by atoms with Crippen molar-refractivity contribution in [1.82, 2.24) is 4.90 Å². The van der Waals surface area contributed by atoms with E-state index in [0.717, 1.165) is 15.8 Å². The van der Waals surface area contributed by atoms with Crippen LogP contribution in [0.1, 0.15) is 28.6 Å². The Morgan fingerprint density at radius 3 is 2.74 bits per heavy atom. The number of aliphatic carboxylic acids is 1. The van der Waals surface area contributed by atoms with Crippen molar-refractivity contribution in [3.63, 3.8) is 0 Å². The van der Waals surface area contributed by atoms with Crippen molar-refractivity contribution < 1.29 is 14.7 Å². The Hall–Kier alpha value is -0.530. The zero-order valence-electron chi connectivity index (χ0n) is 10.6. The molecular weight excluding hydrogens is 350 g/mol. The lowest BCUT2D eigenvalue weighted by molar-refractivity contribution is -0.141. The lowest BCUT2D eigenvalue weighted by Gasteiger charge is -2.26. The molecule has 2 rings (SSSR count). The van der Waals surface area contributed by atoms with Gasteiger partial charge in [0, 0.05) is 5.75 Å². The molecule has 0 aliphatic carbocycles. The maximum absolute atomic E-state index is 12.5. The predicted molar refractivity (Wildman–Crippen MR) is 80.9 cm³/mol. The molecule has 2 atom stereocenters. The van der Waals surface area contributed by atoms with Gasteiger partial charge >= 0.3 is 5.97 Å². The minimum Gasteiger partial charge on any atom is -0.480 e. The van der Waals surface area contributed by atoms with Crippen molar-refractivity contribution in [3.8, 4) is 0 Å². The van der Waals surface area contributed by atoms with Crippen LogP contribution in [0.5, 0.6) is 0 Å². The Balaban J connectivity index is 2.30. The number of nitrogens with zero attached hydrogens (tertiary/aromatic N) is 1. The topological polar surface area (TPSA) is 57.6 Å². The van der Waals surface area contributed by atoms with E-state index in [1.54, 1.807) is 0 Å². The van der Waals surface area contributed by atoms with Gasteiger partial charge in [0.1, 0.15) is 6.04 Å². The second-order valence-corrected chi connectivity index (χ2v) is 7.91. The predicted octanol–water partition coefficient (Wildman–Crippen LogP) is 3.20. The van der Waals surface area contributed by atoms with Gasteiger partial charge in [-0.2, -0.15) is 0 Å². The number of carboxylic acid groups (broad SMARTS) is 1. The first-order valence-corrected chi connectivity index (χ1v) is 8.54. The number of halogens is 1. The van der Waals surface area contributed by atoms with Crippen LogP contribution in [0.15, 0.2) is 9.85 Å². The van der Waals surface area contributed by atoms with Gasteiger partial charge < -0.3 is 10.0 Å². The highest BCUT2D eigenvalue weighted by molar-refractivity contribution is 9.11. The molecule has 104 valence electrons. The average Bonchev–Trinajstić information content (AvgIpc) is 2.93. The molecule has 1 N–H and O–H groups in total. The van der Waals surface area contributed by atoms with Crippen LogP contribution < -0.4 is 0 Å². The maximum atomic E-state index is 12.5. The van der Waals surface area contributed by atoms with E-state index < -0.39 is 12.0 Å². The van der Waals surface area contributed by atoms with Gasteiger partial charge in [-0.3, -0.25) is 4.79 Å². The Labute approximate surface area is 128 Å². The molecule has 0 spiro atoms. The smallest absolute Gasteiger partial charge is 0.327 e. The number of amides is 1. The van der Waals surface area contributed by atoms with Crippen molar-refractivity contribution >= 4 is 50.9 Å². The number of hydrogen-bond donors (Lipinski definition) is 1. The summed E-state index contributed by atoms with van der Waals surface area (Å²) in [6.07, 6.45) is 0.756. The van der Waals surface area contributed by atoms with E-state index >= 15 is 0 Å². The Bertz CT molecular complexity index is 498. The lowest BCUT2D eigenvalue weighted by Crippen LogP contribution is -2.45. The Morgan fingerprint density at radius 1 is 1.58 bits per heavy atom. The number of thiophene rings is 1. The molecule has 1 aromatic rings. The van der Waals surface area contributed by atoms with E-state index in [4.69, 9.17) is 0 Å². The fraction of sp³-hybridized carbons (Fsp3) is 0.500. The van der Waals surface area contributed by atoms with Crippen LogP contribution in [-0.2, 0) is 4.79 Å². The summed E-state index contributed by atoms with van der Waals surface area (Å²) in [7, 11) is 0. The molecule has 1 aliphatic heterocycles. The van der Waals surface area contributed by atoms with Gasteiger partial charge in [-0.05, 0) is 40.9 Å². The highest BCUT2D eigenvalue weighted by Gasteiger charge is 2.41. The molecule has 1 fully saturated rings. The summed E-state index contributed by atoms with van der Waals surface area (Å²) in [6, 6.07) is 1.09. The van der Waals surface area contributed by atoms with Crippen LogP contribution in [0.25, 0.3) is 0 Å². The first kappa shape index (κ1) is 14.9. The van der Waals surface area contributed by atoms with Gasteiger partial charge in [-0.15, -0.1) is 23.1 Å². The molecule has 0 radical (unpaired) electrons. The monoisotopic (exact) mass is 363 g/mol. The maximum Gasteiger partial charge on any atom is 0.327 e. The molecule has 7 heteroatoms. The molecule has 2 heterocycles. The molecular formula is C12H14BrNO3S2. The van der Waals surface area contributed by atoms with Gasteiger partial charge in [-0.1, -0.05) is 6.92 Å². The van der Waals surface area contributed by atoms with Crippen LogP contribution in [0.3, 0.4) is 0 Å². The Morgan fingerprint density at radius 2 is 2.26 bits per heavy atom. The van der Waals surface area contributed by atoms with Crippen molar-refractivity contribution in [2.45, 2.75) is 31.7 Å². The van der Waals surface area contributed by atoms with E-state index in [-0.39, 0.29) is 11.3 Å². The van der Waals surface area contributed by atoms with E-state index in [2.05, 4.69) is 15.9 Å². The normalized spacial score (nSPS) is 22.8. The van der Waals surface area contributed by atoms with Gasteiger partial charge in [-0.25, -0.2) is 4.79 Å². The summed E-state index contributed by atoms with van der Waals surface area (Å²) in [5.74, 6) is -0.641. The molecule has 0 bridgehead atoms. The molecule has 0 aromatic carbocycles. The van der Waals surface area contributed by atoms with Crippen molar-refractivity contribution in [1.29, 1.82) is 0 Å². The van der Waals surface area contributed by atoms with Crippen molar-refractivity contribution in [3.05, 3.63) is 20.3 Å². The van der Waals surface area contributed by atoms with Crippen LogP contribution in [0, 0.1) is 6.92 Å². The van der Waals surface area contributed by atoms with Crippen LogP contribution in [0.4, 0.5) is 0 Å². The summed E-state index contributed by atoms with van der Waals surface area (Å²) in [5.41, 5.74) is 1.00. The number of carbonyl (C=O) groups is 2. The second-order valence-electron chi connectivity index (χ2n) is 4.33. The van der Waals surface area contributed by atoms with Crippen LogP contribution >= 0.6 is 39.0 Å². The molecule has 2 unspecified atom stereocenters. The van der Waals surface area contributed by atoms with E-state index in [1.165, 1.54) is 28.0 Å². The largest absolute Gasteiger partial charge is 0.480 e. The van der Waals surface area contributed by atoms with Gasteiger partial charge in [0.2, 0.25) is 0 Å². The molecule has 0 saturated carbocycles. The number of carboxylic acids is 1. The first-order valence-electron chi connectivity index (χ1n) is 5.88. The number of aryl methyl sites for hydroxylation is 1. The summed E-state index contributed by atoms with van der Waals surface area (Å²) in [4.78, 5) is 25.9. The van der Waals surface area contributed by atoms with Crippen LogP contribution in [0.2, 0.25) is 0 Å². The zero-order chi connectivity index (χ0) is 14.2. The van der Waals surface area contributed by atoms with E-state index in [0.29, 0.717) is 10.6 Å². The second kappa shape index (κ2) is 5.85. The third-order valence-electron chi connectivity index (χ3n) is 3.03. The summed E-state index contributed by atoms with van der Waals surface area (Å²) in [6.45, 7) is 3.89. The van der Waals surface area contributed by atoms with Gasteiger partial charge in [0.05, 0.1) is 14.0 Å². The zero-order valence-corrected chi connectivity index (χ0v) is 13.8. The summed E-state index contributed by atoms with van der Waals surface area (Å²) >= 11 is 6.29. The molecule has 19 heavy (non-hydrogen) atoms. The minimum absolute atomic E-state index is 0.0465. The number of hydrogen-bond acceptors (Lipinski definition) is 4. The third-order valence-corrected chi connectivity index (χ3v) is 6.61. The van der Waals surface area contributed by atoms with Crippen LogP contribution in [-0.4, -0.2) is 39.1 Å². The molecule has 1 aliphatic rings.